The molecular formula is C11H9BrClNO2. The number of nitrogens with zero attached hydrogens (tertiary/aromatic N) is 1. The number of halogens is 2. The first kappa shape index (κ1) is 11.6. The minimum absolute atomic E-state index is 0.121. The molecule has 3 nitrogen and oxygen atoms in total. The van der Waals surface area contributed by atoms with Crippen LogP contribution < -0.4 is 0 Å². The van der Waals surface area contributed by atoms with Crippen molar-refractivity contribution < 1.29 is 9.59 Å². The number of hydrogen-bond donors (Lipinski definition) is 0. The number of likely N-dealkylation sites (tertiary alicyclic amines) is 1. The van der Waals surface area contributed by atoms with Crippen molar-refractivity contribution in [2.75, 3.05) is 0 Å². The molecule has 16 heavy (non-hydrogen) atoms. The fourth-order valence-electron chi connectivity index (χ4n) is 1.62. The van der Waals surface area contributed by atoms with Gasteiger partial charge in [-0.2, -0.15) is 0 Å². The summed E-state index contributed by atoms with van der Waals surface area (Å²) in [7, 11) is 0. The second kappa shape index (κ2) is 4.55. The zero-order chi connectivity index (χ0) is 11.7. The monoisotopic (exact) mass is 301 g/mol. The summed E-state index contributed by atoms with van der Waals surface area (Å²) in [5, 5.41) is 0.557. The number of carbonyl (C=O) groups excluding carboxylic acids is 2. The van der Waals surface area contributed by atoms with Gasteiger partial charge in [0.25, 0.3) is 0 Å². The molecule has 1 fully saturated rings. The Morgan fingerprint density at radius 2 is 1.88 bits per heavy atom. The molecule has 1 aromatic rings. The molecule has 0 radical (unpaired) electrons. The molecule has 0 bridgehead atoms. The van der Waals surface area contributed by atoms with Crippen LogP contribution in [-0.2, 0) is 16.1 Å². The lowest BCUT2D eigenvalue weighted by molar-refractivity contribution is -0.139. The molecule has 1 aliphatic rings. The van der Waals surface area contributed by atoms with Gasteiger partial charge < -0.3 is 0 Å². The van der Waals surface area contributed by atoms with E-state index in [-0.39, 0.29) is 18.4 Å². The normalized spacial score (nSPS) is 16.0. The molecule has 1 saturated heterocycles. The maximum atomic E-state index is 11.4. The van der Waals surface area contributed by atoms with Gasteiger partial charge in [0, 0.05) is 22.3 Å². The van der Waals surface area contributed by atoms with Crippen LogP contribution in [0.4, 0.5) is 0 Å². The van der Waals surface area contributed by atoms with Gasteiger partial charge in [0.05, 0.1) is 6.54 Å². The van der Waals surface area contributed by atoms with E-state index in [1.54, 1.807) is 6.07 Å². The molecule has 2 amide bonds. The van der Waals surface area contributed by atoms with E-state index in [9.17, 15) is 9.59 Å². The zero-order valence-electron chi connectivity index (χ0n) is 8.37. The molecule has 84 valence electrons. The Morgan fingerprint density at radius 1 is 1.25 bits per heavy atom. The average Bonchev–Trinajstić information content (AvgIpc) is 2.53. The number of carbonyl (C=O) groups is 2. The molecule has 1 aliphatic heterocycles. The van der Waals surface area contributed by atoms with Gasteiger partial charge in [0.2, 0.25) is 11.8 Å². The highest BCUT2D eigenvalue weighted by atomic mass is 79.9. The van der Waals surface area contributed by atoms with Crippen LogP contribution in [0.3, 0.4) is 0 Å². The zero-order valence-corrected chi connectivity index (χ0v) is 10.7. The van der Waals surface area contributed by atoms with Crippen molar-refractivity contribution in [2.45, 2.75) is 19.4 Å². The van der Waals surface area contributed by atoms with Gasteiger partial charge in [-0.3, -0.25) is 14.5 Å². The first-order valence-corrected chi connectivity index (χ1v) is 6.02. The van der Waals surface area contributed by atoms with Gasteiger partial charge in [-0.1, -0.05) is 33.6 Å². The quantitative estimate of drug-likeness (QED) is 0.788. The van der Waals surface area contributed by atoms with Gasteiger partial charge in [-0.25, -0.2) is 0 Å². The number of benzene rings is 1. The predicted molar refractivity (Wildman–Crippen MR) is 63.9 cm³/mol. The van der Waals surface area contributed by atoms with E-state index < -0.39 is 0 Å². The van der Waals surface area contributed by atoms with Crippen LogP contribution in [0.2, 0.25) is 5.02 Å². The Balaban J connectivity index is 2.20. The second-order valence-electron chi connectivity index (χ2n) is 3.61. The van der Waals surface area contributed by atoms with Crippen LogP contribution in [0.1, 0.15) is 18.4 Å². The van der Waals surface area contributed by atoms with Gasteiger partial charge in [0.1, 0.15) is 0 Å². The summed E-state index contributed by atoms with van der Waals surface area (Å²) in [5.74, 6) is -0.243. The molecule has 0 atom stereocenters. The molecule has 2 rings (SSSR count). The Morgan fingerprint density at radius 3 is 2.44 bits per heavy atom. The number of hydrogen-bond acceptors (Lipinski definition) is 2. The standard InChI is InChI=1S/C11H9BrClNO2/c12-8-2-1-7(9(13)5-8)6-14-10(15)3-4-11(14)16/h1-2,5H,3-4,6H2. The van der Waals surface area contributed by atoms with Gasteiger partial charge in [0.15, 0.2) is 0 Å². The molecule has 0 aromatic heterocycles. The van der Waals surface area contributed by atoms with Crippen molar-refractivity contribution in [3.05, 3.63) is 33.3 Å². The predicted octanol–water partition coefficient (Wildman–Crippen LogP) is 2.75. The summed E-state index contributed by atoms with van der Waals surface area (Å²) in [4.78, 5) is 24.1. The lowest BCUT2D eigenvalue weighted by atomic mass is 10.2. The van der Waals surface area contributed by atoms with Crippen molar-refractivity contribution in [1.82, 2.24) is 4.90 Å². The highest BCUT2D eigenvalue weighted by molar-refractivity contribution is 9.10. The lowest BCUT2D eigenvalue weighted by Gasteiger charge is -2.14. The number of amides is 2. The molecule has 1 heterocycles. The first-order valence-electron chi connectivity index (χ1n) is 4.85. The summed E-state index contributed by atoms with van der Waals surface area (Å²) in [6, 6.07) is 5.40. The van der Waals surface area contributed by atoms with E-state index in [4.69, 9.17) is 11.6 Å². The summed E-state index contributed by atoms with van der Waals surface area (Å²) in [5.41, 5.74) is 0.786. The summed E-state index contributed by atoms with van der Waals surface area (Å²) >= 11 is 9.32. The molecule has 1 aromatic carbocycles. The van der Waals surface area contributed by atoms with Crippen LogP contribution in [0, 0.1) is 0 Å². The van der Waals surface area contributed by atoms with Gasteiger partial charge >= 0.3 is 0 Å². The molecule has 0 unspecified atom stereocenters. The average molecular weight is 303 g/mol. The van der Waals surface area contributed by atoms with E-state index in [1.807, 2.05) is 12.1 Å². The molecular weight excluding hydrogens is 293 g/mol. The lowest BCUT2D eigenvalue weighted by Crippen LogP contribution is -2.28. The third-order valence-corrected chi connectivity index (χ3v) is 3.34. The maximum absolute atomic E-state index is 11.4. The van der Waals surface area contributed by atoms with Crippen molar-refractivity contribution in [3.8, 4) is 0 Å². The highest BCUT2D eigenvalue weighted by Gasteiger charge is 2.29. The van der Waals surface area contributed by atoms with Gasteiger partial charge in [-0.15, -0.1) is 0 Å². The highest BCUT2D eigenvalue weighted by Crippen LogP contribution is 2.24. The number of imide groups is 1. The Hall–Kier alpha value is -0.870. The second-order valence-corrected chi connectivity index (χ2v) is 4.93. The SMILES string of the molecule is O=C1CCC(=O)N1Cc1ccc(Br)cc1Cl. The Kier molecular flexibility index (Phi) is 3.30. The first-order chi connectivity index (χ1) is 7.58. The smallest absolute Gasteiger partial charge is 0.229 e. The summed E-state index contributed by atoms with van der Waals surface area (Å²) in [6.07, 6.45) is 0.625. The third kappa shape index (κ3) is 2.28. The van der Waals surface area contributed by atoms with Gasteiger partial charge in [-0.05, 0) is 17.7 Å². The Labute approximate surface area is 107 Å². The van der Waals surface area contributed by atoms with E-state index in [2.05, 4.69) is 15.9 Å². The fourth-order valence-corrected chi connectivity index (χ4v) is 2.35. The minimum Gasteiger partial charge on any atom is -0.278 e. The van der Waals surface area contributed by atoms with E-state index in [0.717, 1.165) is 10.0 Å². The third-order valence-electron chi connectivity index (χ3n) is 2.50. The summed E-state index contributed by atoms with van der Waals surface area (Å²) < 4.78 is 0.875. The number of rotatable bonds is 2. The fraction of sp³-hybridized carbons (Fsp3) is 0.273. The van der Waals surface area contributed by atoms with Crippen LogP contribution in [0.25, 0.3) is 0 Å². The molecule has 0 aliphatic carbocycles. The molecule has 0 saturated carbocycles. The Bertz CT molecular complexity index is 445. The van der Waals surface area contributed by atoms with Crippen LogP contribution >= 0.6 is 27.5 Å². The molecule has 0 spiro atoms. The maximum Gasteiger partial charge on any atom is 0.229 e. The van der Waals surface area contributed by atoms with Crippen molar-refractivity contribution in [2.24, 2.45) is 0 Å². The van der Waals surface area contributed by atoms with Crippen LogP contribution in [-0.4, -0.2) is 16.7 Å². The van der Waals surface area contributed by atoms with E-state index in [0.29, 0.717) is 17.9 Å². The topological polar surface area (TPSA) is 37.4 Å². The van der Waals surface area contributed by atoms with Crippen LogP contribution in [0.15, 0.2) is 22.7 Å². The van der Waals surface area contributed by atoms with E-state index >= 15 is 0 Å². The van der Waals surface area contributed by atoms with Crippen LogP contribution in [0.5, 0.6) is 0 Å². The van der Waals surface area contributed by atoms with E-state index in [1.165, 1.54) is 4.90 Å². The molecule has 5 heteroatoms. The largest absolute Gasteiger partial charge is 0.278 e. The summed E-state index contributed by atoms with van der Waals surface area (Å²) in [6.45, 7) is 0.268. The van der Waals surface area contributed by atoms with Crippen molar-refractivity contribution in [1.29, 1.82) is 0 Å². The minimum atomic E-state index is -0.121. The molecule has 0 N–H and O–H groups in total. The van der Waals surface area contributed by atoms with Crippen molar-refractivity contribution >= 4 is 39.3 Å². The van der Waals surface area contributed by atoms with Crippen molar-refractivity contribution in [3.63, 3.8) is 0 Å².